The molecular weight excluding hydrogens is 318 g/mol. The summed E-state index contributed by atoms with van der Waals surface area (Å²) in [6.07, 6.45) is 2.28. The number of rotatable bonds is 4. The quantitative estimate of drug-likeness (QED) is 0.791. The molecule has 25 heavy (non-hydrogen) atoms. The molecule has 0 aliphatic carbocycles. The van der Waals surface area contributed by atoms with Gasteiger partial charge in [-0.25, -0.2) is 0 Å². The Bertz CT molecular complexity index is 860. The van der Waals surface area contributed by atoms with Crippen molar-refractivity contribution in [2.75, 3.05) is 11.9 Å². The number of nitrogens with one attached hydrogen (secondary N) is 1. The van der Waals surface area contributed by atoms with Crippen LogP contribution in [-0.4, -0.2) is 22.7 Å². The molecule has 126 valence electrons. The number of fused-ring (bicyclic) bond motifs is 1. The van der Waals surface area contributed by atoms with Crippen LogP contribution in [0, 0.1) is 0 Å². The molecule has 1 aliphatic heterocycles. The summed E-state index contributed by atoms with van der Waals surface area (Å²) in [5.74, 6) is 0.373. The van der Waals surface area contributed by atoms with E-state index in [0.29, 0.717) is 18.9 Å². The van der Waals surface area contributed by atoms with Gasteiger partial charge in [0, 0.05) is 11.3 Å². The number of aromatic nitrogens is 2. The maximum absolute atomic E-state index is 12.4. The fourth-order valence-electron chi connectivity index (χ4n) is 3.02. The van der Waals surface area contributed by atoms with Crippen LogP contribution in [0.2, 0.25) is 0 Å². The van der Waals surface area contributed by atoms with E-state index < -0.39 is 0 Å². The normalized spacial score (nSPS) is 16.2. The predicted octanol–water partition coefficient (Wildman–Crippen LogP) is 3.38. The number of carbonyl (C=O) groups is 1. The van der Waals surface area contributed by atoms with Crippen molar-refractivity contribution >= 4 is 11.6 Å². The summed E-state index contributed by atoms with van der Waals surface area (Å²) >= 11 is 0. The van der Waals surface area contributed by atoms with Crippen molar-refractivity contribution in [2.45, 2.75) is 18.9 Å². The molecule has 0 saturated heterocycles. The second-order valence-electron chi connectivity index (χ2n) is 5.88. The Morgan fingerprint density at radius 2 is 2.00 bits per heavy atom. The van der Waals surface area contributed by atoms with E-state index in [-0.39, 0.29) is 12.0 Å². The summed E-state index contributed by atoms with van der Waals surface area (Å²) < 4.78 is 10.9. The first-order valence-corrected chi connectivity index (χ1v) is 8.15. The first-order chi connectivity index (χ1) is 12.3. The highest BCUT2D eigenvalue weighted by molar-refractivity contribution is 5.91. The minimum absolute atomic E-state index is 0.0766. The molecule has 1 N–H and O–H groups in total. The van der Waals surface area contributed by atoms with Crippen LogP contribution in [0.4, 0.5) is 5.69 Å². The third kappa shape index (κ3) is 3.44. The third-order valence-corrected chi connectivity index (χ3v) is 4.24. The van der Waals surface area contributed by atoms with Gasteiger partial charge in [0.25, 0.3) is 0 Å². The van der Waals surface area contributed by atoms with E-state index in [4.69, 9.17) is 9.15 Å². The number of hydrogen-bond donors (Lipinski definition) is 1. The van der Waals surface area contributed by atoms with Crippen LogP contribution in [-0.2, 0) is 16.0 Å². The topological polar surface area (TPSA) is 77.2 Å². The number of hydrogen-bond acceptors (Lipinski definition) is 5. The van der Waals surface area contributed by atoms with Crippen LogP contribution in [0.5, 0.6) is 0 Å². The Balaban J connectivity index is 1.41. The van der Waals surface area contributed by atoms with E-state index in [1.807, 2.05) is 42.5 Å². The SMILES string of the molecule is O=C(C[C@H]1OCCc2ccccc21)Nc1ccc(-c2nnco2)cc1. The van der Waals surface area contributed by atoms with Gasteiger partial charge in [-0.15, -0.1) is 10.2 Å². The third-order valence-electron chi connectivity index (χ3n) is 4.24. The highest BCUT2D eigenvalue weighted by atomic mass is 16.5. The summed E-state index contributed by atoms with van der Waals surface area (Å²) in [4.78, 5) is 12.4. The number of benzene rings is 2. The molecule has 2 heterocycles. The van der Waals surface area contributed by atoms with Crippen LogP contribution in [0.3, 0.4) is 0 Å². The first kappa shape index (κ1) is 15.5. The lowest BCUT2D eigenvalue weighted by Crippen LogP contribution is -2.22. The van der Waals surface area contributed by atoms with Crippen molar-refractivity contribution in [2.24, 2.45) is 0 Å². The molecule has 1 aliphatic rings. The zero-order valence-electron chi connectivity index (χ0n) is 13.5. The standard InChI is InChI=1S/C19H17N3O3/c23-18(11-17-16-4-2-1-3-13(16)9-10-24-17)21-15-7-5-14(6-8-15)19-22-20-12-25-19/h1-8,12,17H,9-11H2,(H,21,23)/t17-/m1/s1. The number of nitrogens with zero attached hydrogens (tertiary/aromatic N) is 2. The summed E-state index contributed by atoms with van der Waals surface area (Å²) in [5.41, 5.74) is 3.89. The summed E-state index contributed by atoms with van der Waals surface area (Å²) in [5, 5.41) is 10.4. The van der Waals surface area contributed by atoms with Gasteiger partial charge in [-0.1, -0.05) is 24.3 Å². The lowest BCUT2D eigenvalue weighted by atomic mass is 9.95. The van der Waals surface area contributed by atoms with Gasteiger partial charge in [-0.3, -0.25) is 4.79 Å². The number of anilines is 1. The minimum Gasteiger partial charge on any atom is -0.423 e. The second-order valence-corrected chi connectivity index (χ2v) is 5.88. The molecule has 0 unspecified atom stereocenters. The van der Waals surface area contributed by atoms with Crippen molar-refractivity contribution in [3.63, 3.8) is 0 Å². The molecule has 1 aromatic heterocycles. The zero-order valence-corrected chi connectivity index (χ0v) is 13.5. The molecule has 0 saturated carbocycles. The van der Waals surface area contributed by atoms with E-state index in [1.54, 1.807) is 0 Å². The Labute approximate surface area is 144 Å². The highest BCUT2D eigenvalue weighted by Gasteiger charge is 2.23. The molecule has 1 atom stereocenters. The smallest absolute Gasteiger partial charge is 0.247 e. The molecule has 3 aromatic rings. The largest absolute Gasteiger partial charge is 0.423 e. The predicted molar refractivity (Wildman–Crippen MR) is 91.8 cm³/mol. The molecule has 1 amide bonds. The van der Waals surface area contributed by atoms with Crippen molar-refractivity contribution in [3.05, 3.63) is 66.1 Å². The lowest BCUT2D eigenvalue weighted by molar-refractivity contribution is -0.119. The van der Waals surface area contributed by atoms with Crippen molar-refractivity contribution in [1.29, 1.82) is 0 Å². The Morgan fingerprint density at radius 1 is 1.16 bits per heavy atom. The Kier molecular flexibility index (Phi) is 4.26. The Morgan fingerprint density at radius 3 is 2.80 bits per heavy atom. The molecule has 2 aromatic carbocycles. The summed E-state index contributed by atoms with van der Waals surface area (Å²) in [6, 6.07) is 15.4. The molecule has 0 radical (unpaired) electrons. The Hall–Kier alpha value is -2.99. The number of ether oxygens (including phenoxy) is 1. The van der Waals surface area contributed by atoms with Gasteiger partial charge in [0.15, 0.2) is 0 Å². The van der Waals surface area contributed by atoms with Crippen molar-refractivity contribution < 1.29 is 13.9 Å². The van der Waals surface area contributed by atoms with Crippen LogP contribution < -0.4 is 5.32 Å². The van der Waals surface area contributed by atoms with E-state index in [0.717, 1.165) is 23.2 Å². The van der Waals surface area contributed by atoms with Crippen LogP contribution in [0.15, 0.2) is 59.3 Å². The summed E-state index contributed by atoms with van der Waals surface area (Å²) in [6.45, 7) is 0.647. The van der Waals surface area contributed by atoms with E-state index >= 15 is 0 Å². The van der Waals surface area contributed by atoms with Gasteiger partial charge in [0.1, 0.15) is 0 Å². The van der Waals surface area contributed by atoms with Gasteiger partial charge in [-0.2, -0.15) is 0 Å². The van der Waals surface area contributed by atoms with Crippen LogP contribution >= 0.6 is 0 Å². The van der Waals surface area contributed by atoms with E-state index in [1.165, 1.54) is 12.0 Å². The summed E-state index contributed by atoms with van der Waals surface area (Å²) in [7, 11) is 0. The van der Waals surface area contributed by atoms with Crippen LogP contribution in [0.1, 0.15) is 23.7 Å². The fourth-order valence-corrected chi connectivity index (χ4v) is 3.02. The van der Waals surface area contributed by atoms with Gasteiger partial charge < -0.3 is 14.5 Å². The number of amides is 1. The first-order valence-electron chi connectivity index (χ1n) is 8.15. The molecule has 0 spiro atoms. The molecule has 6 heteroatoms. The lowest BCUT2D eigenvalue weighted by Gasteiger charge is -2.25. The molecular formula is C19H17N3O3. The van der Waals surface area contributed by atoms with Crippen LogP contribution in [0.25, 0.3) is 11.5 Å². The molecule has 4 rings (SSSR count). The van der Waals surface area contributed by atoms with Crippen molar-refractivity contribution in [3.8, 4) is 11.5 Å². The highest BCUT2D eigenvalue weighted by Crippen LogP contribution is 2.29. The zero-order chi connectivity index (χ0) is 17.1. The fraction of sp³-hybridized carbons (Fsp3) is 0.211. The van der Waals surface area contributed by atoms with Gasteiger partial charge in [0.05, 0.1) is 19.1 Å². The molecule has 6 nitrogen and oxygen atoms in total. The number of carbonyl (C=O) groups excluding carboxylic acids is 1. The average Bonchev–Trinajstić information content (AvgIpc) is 3.17. The van der Waals surface area contributed by atoms with Gasteiger partial charge in [-0.05, 0) is 41.8 Å². The maximum atomic E-state index is 12.4. The second kappa shape index (κ2) is 6.86. The average molecular weight is 335 g/mol. The van der Waals surface area contributed by atoms with Gasteiger partial charge in [0.2, 0.25) is 18.2 Å². The molecule has 0 bridgehead atoms. The van der Waals surface area contributed by atoms with E-state index in [9.17, 15) is 4.79 Å². The van der Waals surface area contributed by atoms with Crippen molar-refractivity contribution in [1.82, 2.24) is 10.2 Å². The minimum atomic E-state index is -0.192. The van der Waals surface area contributed by atoms with Gasteiger partial charge >= 0.3 is 0 Å². The molecule has 0 fully saturated rings. The monoisotopic (exact) mass is 335 g/mol. The maximum Gasteiger partial charge on any atom is 0.247 e. The van der Waals surface area contributed by atoms with E-state index in [2.05, 4.69) is 21.6 Å².